The number of benzene rings is 3. The summed E-state index contributed by atoms with van der Waals surface area (Å²) in [7, 11) is 3.60. The molecule has 0 radical (unpaired) electrons. The van der Waals surface area contributed by atoms with Crippen LogP contribution in [-0.2, 0) is 17.7 Å². The molecule has 0 aliphatic rings. The highest BCUT2D eigenvalue weighted by atomic mass is 16.7. The van der Waals surface area contributed by atoms with Gasteiger partial charge < -0.3 is 18.9 Å². The normalized spacial score (nSPS) is 11.4. The van der Waals surface area contributed by atoms with Crippen LogP contribution in [0.3, 0.4) is 0 Å². The fourth-order valence-corrected chi connectivity index (χ4v) is 5.25. The van der Waals surface area contributed by atoms with E-state index in [9.17, 15) is 9.59 Å². The van der Waals surface area contributed by atoms with Gasteiger partial charge in [-0.1, -0.05) is 75.6 Å². The molecule has 0 fully saturated rings. The molecule has 2 amide bonds. The highest BCUT2D eigenvalue weighted by Gasteiger charge is 2.21. The van der Waals surface area contributed by atoms with E-state index in [1.54, 1.807) is 25.1 Å². The highest BCUT2D eigenvalue weighted by molar-refractivity contribution is 5.94. The molecule has 1 heterocycles. The number of hydrogen-bond donors (Lipinski definition) is 0. The van der Waals surface area contributed by atoms with E-state index in [1.807, 2.05) is 68.1 Å². The number of para-hydroxylation sites is 1. The zero-order valence-corrected chi connectivity index (χ0v) is 27.9. The second-order valence-electron chi connectivity index (χ2n) is 12.7. The Bertz CT molecular complexity index is 1580. The van der Waals surface area contributed by atoms with Gasteiger partial charge in [0.15, 0.2) is 0 Å². The maximum Gasteiger partial charge on any atom is 0.514 e. The van der Waals surface area contributed by atoms with E-state index in [4.69, 9.17) is 14.5 Å². The third-order valence-electron chi connectivity index (χ3n) is 7.55. The molecule has 0 spiro atoms. The number of nitrogens with zero attached hydrogens (tertiary/aromatic N) is 4. The van der Waals surface area contributed by atoms with Gasteiger partial charge in [0.2, 0.25) is 0 Å². The van der Waals surface area contributed by atoms with E-state index in [1.165, 1.54) is 0 Å². The summed E-state index contributed by atoms with van der Waals surface area (Å²) in [5.41, 5.74) is 5.06. The van der Waals surface area contributed by atoms with Crippen LogP contribution in [0.15, 0.2) is 66.7 Å². The first-order valence-corrected chi connectivity index (χ1v) is 16.1. The minimum absolute atomic E-state index is 0.0192. The van der Waals surface area contributed by atoms with Crippen molar-refractivity contribution in [3.63, 3.8) is 0 Å². The predicted molar refractivity (Wildman–Crippen MR) is 182 cm³/mol. The van der Waals surface area contributed by atoms with Crippen molar-refractivity contribution in [3.05, 3.63) is 78.1 Å². The van der Waals surface area contributed by atoms with Crippen molar-refractivity contribution >= 4 is 28.9 Å². The van der Waals surface area contributed by atoms with Crippen molar-refractivity contribution in [1.82, 2.24) is 14.5 Å². The van der Waals surface area contributed by atoms with Gasteiger partial charge in [-0.2, -0.15) is 0 Å². The van der Waals surface area contributed by atoms with E-state index in [2.05, 4.69) is 36.6 Å². The lowest BCUT2D eigenvalue weighted by Crippen LogP contribution is -2.40. The number of rotatable bonds is 12. The summed E-state index contributed by atoms with van der Waals surface area (Å²) in [5, 5.41) is 0. The number of carbonyl (C=O) groups excluding carboxylic acids is 2. The molecule has 0 N–H and O–H groups in total. The SMILES string of the molecule is CCCCCN(C(=O)N(C)C)c1ccc2nc(CCCC)n(Cc3ccc(-c4ccccc4OC(=O)OC(C)(C)C)cc3)c2c1. The molecule has 0 bridgehead atoms. The average Bonchev–Trinajstić information content (AvgIpc) is 3.33. The monoisotopic (exact) mass is 612 g/mol. The molecule has 0 atom stereocenters. The number of aromatic nitrogens is 2. The van der Waals surface area contributed by atoms with Gasteiger partial charge in [-0.05, 0) is 69.0 Å². The summed E-state index contributed by atoms with van der Waals surface area (Å²) in [4.78, 5) is 34.1. The van der Waals surface area contributed by atoms with E-state index < -0.39 is 11.8 Å². The third kappa shape index (κ3) is 8.87. The number of aryl methyl sites for hydroxylation is 1. The number of hydrogen-bond acceptors (Lipinski definition) is 5. The summed E-state index contributed by atoms with van der Waals surface area (Å²) >= 11 is 0. The topological polar surface area (TPSA) is 76.9 Å². The highest BCUT2D eigenvalue weighted by Crippen LogP contribution is 2.32. The Morgan fingerprint density at radius 2 is 1.60 bits per heavy atom. The van der Waals surface area contributed by atoms with Crippen molar-refractivity contribution in [2.75, 3.05) is 25.5 Å². The molecule has 4 rings (SSSR count). The average molecular weight is 613 g/mol. The van der Waals surface area contributed by atoms with Gasteiger partial charge in [-0.3, -0.25) is 4.90 Å². The van der Waals surface area contributed by atoms with E-state index in [-0.39, 0.29) is 6.03 Å². The minimum Gasteiger partial charge on any atom is -0.428 e. The Kier molecular flexibility index (Phi) is 11.3. The summed E-state index contributed by atoms with van der Waals surface area (Å²) in [6, 6.07) is 21.9. The van der Waals surface area contributed by atoms with Crippen LogP contribution in [0.25, 0.3) is 22.2 Å². The largest absolute Gasteiger partial charge is 0.514 e. The van der Waals surface area contributed by atoms with Gasteiger partial charge in [0.1, 0.15) is 17.2 Å². The number of imidazole rings is 1. The van der Waals surface area contributed by atoms with Gasteiger partial charge in [-0.25, -0.2) is 14.6 Å². The molecule has 8 nitrogen and oxygen atoms in total. The zero-order chi connectivity index (χ0) is 32.6. The summed E-state index contributed by atoms with van der Waals surface area (Å²) in [6.07, 6.45) is 5.40. The molecule has 4 aromatic rings. The fraction of sp³-hybridized carbons (Fsp3) is 0.432. The Morgan fingerprint density at radius 1 is 0.889 bits per heavy atom. The Labute approximate surface area is 268 Å². The Morgan fingerprint density at radius 3 is 2.27 bits per heavy atom. The fourth-order valence-electron chi connectivity index (χ4n) is 5.25. The van der Waals surface area contributed by atoms with E-state index in [0.717, 1.165) is 77.8 Å². The van der Waals surface area contributed by atoms with Crippen LogP contribution >= 0.6 is 0 Å². The number of amides is 2. The number of anilines is 1. The molecule has 0 saturated heterocycles. The lowest BCUT2D eigenvalue weighted by atomic mass is 10.0. The van der Waals surface area contributed by atoms with E-state index in [0.29, 0.717) is 18.8 Å². The van der Waals surface area contributed by atoms with Crippen LogP contribution in [0, 0.1) is 0 Å². The van der Waals surface area contributed by atoms with Crippen molar-refractivity contribution in [2.24, 2.45) is 0 Å². The first kappa shape index (κ1) is 33.6. The predicted octanol–water partition coefficient (Wildman–Crippen LogP) is 9.09. The van der Waals surface area contributed by atoms with E-state index >= 15 is 0 Å². The molecule has 0 aliphatic heterocycles. The Hall–Kier alpha value is -4.33. The quantitative estimate of drug-likeness (QED) is 0.0906. The molecular weight excluding hydrogens is 564 g/mol. The van der Waals surface area contributed by atoms with Crippen molar-refractivity contribution in [2.45, 2.75) is 85.3 Å². The van der Waals surface area contributed by atoms with Gasteiger partial charge in [0.25, 0.3) is 0 Å². The standard InChI is InChI=1S/C37H48N4O4/c1-8-10-14-24-40(35(42)39(6)7)29-22-23-31-32(25-29)41(34(38-31)17-11-9-2)26-27-18-20-28(21-19-27)30-15-12-13-16-33(30)44-36(43)45-37(3,4)5/h12-13,15-16,18-23,25H,8-11,14,17,24,26H2,1-7H3. The van der Waals surface area contributed by atoms with Crippen LogP contribution in [0.5, 0.6) is 5.75 Å². The zero-order valence-electron chi connectivity index (χ0n) is 27.9. The van der Waals surface area contributed by atoms with Crippen molar-refractivity contribution in [1.29, 1.82) is 0 Å². The van der Waals surface area contributed by atoms with Gasteiger partial charge in [0, 0.05) is 44.9 Å². The third-order valence-corrected chi connectivity index (χ3v) is 7.55. The molecule has 0 saturated carbocycles. The smallest absolute Gasteiger partial charge is 0.428 e. The van der Waals surface area contributed by atoms with Crippen molar-refractivity contribution < 1.29 is 19.1 Å². The summed E-state index contributed by atoms with van der Waals surface area (Å²) in [6.45, 7) is 11.1. The first-order valence-electron chi connectivity index (χ1n) is 16.1. The molecule has 1 aromatic heterocycles. The molecule has 3 aromatic carbocycles. The number of ether oxygens (including phenoxy) is 2. The van der Waals surface area contributed by atoms with Gasteiger partial charge >= 0.3 is 12.2 Å². The second-order valence-corrected chi connectivity index (χ2v) is 12.7. The molecule has 8 heteroatoms. The minimum atomic E-state index is -0.728. The molecule has 0 aliphatic carbocycles. The first-order chi connectivity index (χ1) is 21.5. The molecule has 240 valence electrons. The van der Waals surface area contributed by atoms with Crippen LogP contribution in [0.1, 0.15) is 78.1 Å². The maximum atomic E-state index is 13.2. The summed E-state index contributed by atoms with van der Waals surface area (Å²) in [5.74, 6) is 1.49. The summed E-state index contributed by atoms with van der Waals surface area (Å²) < 4.78 is 13.2. The van der Waals surface area contributed by atoms with Crippen molar-refractivity contribution in [3.8, 4) is 16.9 Å². The molecule has 45 heavy (non-hydrogen) atoms. The Balaban J connectivity index is 1.65. The van der Waals surface area contributed by atoms with Crippen LogP contribution in [0.2, 0.25) is 0 Å². The molecular formula is C37H48N4O4. The van der Waals surface area contributed by atoms with Gasteiger partial charge in [-0.15, -0.1) is 0 Å². The van der Waals surface area contributed by atoms with Crippen LogP contribution < -0.4 is 9.64 Å². The maximum absolute atomic E-state index is 13.2. The van der Waals surface area contributed by atoms with Crippen LogP contribution in [0.4, 0.5) is 15.3 Å². The van der Waals surface area contributed by atoms with Crippen LogP contribution in [-0.4, -0.2) is 52.9 Å². The molecule has 0 unspecified atom stereocenters. The lowest BCUT2D eigenvalue weighted by Gasteiger charge is -2.26. The number of fused-ring (bicyclic) bond motifs is 1. The second kappa shape index (κ2) is 15.1. The van der Waals surface area contributed by atoms with Gasteiger partial charge in [0.05, 0.1) is 11.0 Å². The number of unbranched alkanes of at least 4 members (excludes halogenated alkanes) is 3. The number of carbonyl (C=O) groups is 2. The lowest BCUT2D eigenvalue weighted by molar-refractivity contribution is 0.0207. The number of urea groups is 1.